The molecule has 204 valence electrons. The third-order valence-corrected chi connectivity index (χ3v) is 7.76. The van der Waals surface area contributed by atoms with Crippen LogP contribution in [0.4, 0.5) is 0 Å². The van der Waals surface area contributed by atoms with E-state index in [2.05, 4.69) is 15.4 Å². The number of fused-ring (bicyclic) bond motifs is 2. The van der Waals surface area contributed by atoms with E-state index in [1.54, 1.807) is 18.7 Å². The number of carbonyl (C=O) groups is 3. The molecule has 1 aromatic heterocycles. The van der Waals surface area contributed by atoms with Gasteiger partial charge in [-0.3, -0.25) is 14.4 Å². The second kappa shape index (κ2) is 10.3. The van der Waals surface area contributed by atoms with Crippen molar-refractivity contribution in [3.63, 3.8) is 0 Å². The van der Waals surface area contributed by atoms with Crippen LogP contribution in [0.15, 0.2) is 65.9 Å². The van der Waals surface area contributed by atoms with Gasteiger partial charge >= 0.3 is 0 Å². The van der Waals surface area contributed by atoms with E-state index in [0.29, 0.717) is 32.4 Å². The summed E-state index contributed by atoms with van der Waals surface area (Å²) in [5.74, 6) is -0.721. The molecule has 2 aliphatic heterocycles. The zero-order valence-electron chi connectivity index (χ0n) is 22.7. The van der Waals surface area contributed by atoms with Crippen molar-refractivity contribution in [3.8, 4) is 0 Å². The van der Waals surface area contributed by atoms with Gasteiger partial charge in [-0.1, -0.05) is 48.5 Å². The summed E-state index contributed by atoms with van der Waals surface area (Å²) in [4.78, 5) is 45.8. The highest BCUT2D eigenvalue weighted by Crippen LogP contribution is 2.39. The largest absolute Gasteiger partial charge is 0.361 e. The molecule has 2 aromatic carbocycles. The second-order valence-corrected chi connectivity index (χ2v) is 11.1. The molecule has 39 heavy (non-hydrogen) atoms. The van der Waals surface area contributed by atoms with Crippen LogP contribution in [0.1, 0.15) is 38.3 Å². The zero-order chi connectivity index (χ0) is 27.8. The molecule has 4 N–H and O–H groups in total. The molecule has 3 amide bonds. The number of nitrogens with two attached hydrogens (primary N) is 1. The van der Waals surface area contributed by atoms with Crippen LogP contribution in [-0.2, 0) is 27.2 Å². The maximum Gasteiger partial charge on any atom is 0.256 e. The number of nitrogens with one attached hydrogen (secondary N) is 2. The summed E-state index contributed by atoms with van der Waals surface area (Å²) >= 11 is 0. The highest BCUT2D eigenvalue weighted by molar-refractivity contribution is 6.14. The average Bonchev–Trinajstić information content (AvgIpc) is 3.45. The van der Waals surface area contributed by atoms with Crippen molar-refractivity contribution in [1.29, 1.82) is 0 Å². The molecule has 2 aliphatic rings. The van der Waals surface area contributed by atoms with E-state index in [4.69, 9.17) is 5.73 Å². The molecule has 5 rings (SSSR count). The fourth-order valence-corrected chi connectivity index (χ4v) is 5.62. The fraction of sp³-hybridized carbons (Fsp3) is 0.400. The molecule has 1 fully saturated rings. The number of nitrogens with zero attached hydrogens (tertiary/aromatic N) is 3. The molecule has 0 unspecified atom stereocenters. The van der Waals surface area contributed by atoms with Gasteiger partial charge in [0.15, 0.2) is 0 Å². The van der Waals surface area contributed by atoms with Crippen molar-refractivity contribution in [2.45, 2.75) is 51.6 Å². The Morgan fingerprint density at radius 2 is 1.87 bits per heavy atom. The van der Waals surface area contributed by atoms with Gasteiger partial charge in [-0.2, -0.15) is 5.10 Å². The predicted octanol–water partition coefficient (Wildman–Crippen LogP) is 2.61. The van der Waals surface area contributed by atoms with Gasteiger partial charge in [-0.05, 0) is 44.4 Å². The van der Waals surface area contributed by atoms with Crippen molar-refractivity contribution < 1.29 is 14.4 Å². The summed E-state index contributed by atoms with van der Waals surface area (Å²) in [6.07, 6.45) is 3.13. The van der Waals surface area contributed by atoms with Crippen LogP contribution in [0.25, 0.3) is 10.9 Å². The van der Waals surface area contributed by atoms with Crippen LogP contribution in [0.5, 0.6) is 0 Å². The number of likely N-dealkylation sites (tertiary alicyclic amines) is 1. The highest BCUT2D eigenvalue weighted by atomic mass is 16.2. The number of H-pyrrole nitrogens is 1. The molecule has 0 saturated carbocycles. The summed E-state index contributed by atoms with van der Waals surface area (Å²) in [5.41, 5.74) is 7.73. The normalized spacial score (nSPS) is 20.1. The van der Waals surface area contributed by atoms with Crippen LogP contribution >= 0.6 is 0 Å². The van der Waals surface area contributed by atoms with E-state index in [1.165, 1.54) is 5.01 Å². The summed E-state index contributed by atoms with van der Waals surface area (Å²) < 4.78 is 0. The molecule has 0 aliphatic carbocycles. The summed E-state index contributed by atoms with van der Waals surface area (Å²) in [6, 6.07) is 16.9. The molecular weight excluding hydrogens is 492 g/mol. The van der Waals surface area contributed by atoms with Gasteiger partial charge < -0.3 is 20.9 Å². The first-order valence-electron chi connectivity index (χ1n) is 13.5. The van der Waals surface area contributed by atoms with E-state index >= 15 is 0 Å². The first-order valence-corrected chi connectivity index (χ1v) is 13.5. The number of aromatic nitrogens is 1. The second-order valence-electron chi connectivity index (χ2n) is 11.1. The molecule has 1 saturated heterocycles. The van der Waals surface area contributed by atoms with Crippen molar-refractivity contribution >= 4 is 34.3 Å². The maximum atomic E-state index is 14.2. The van der Waals surface area contributed by atoms with Gasteiger partial charge in [0.2, 0.25) is 11.8 Å². The fourth-order valence-electron chi connectivity index (χ4n) is 5.62. The van der Waals surface area contributed by atoms with E-state index in [9.17, 15) is 14.4 Å². The number of hydrogen-bond donors (Lipinski definition) is 3. The van der Waals surface area contributed by atoms with Crippen LogP contribution in [-0.4, -0.2) is 69.5 Å². The molecule has 0 spiro atoms. The molecular formula is C30H36N6O3. The van der Waals surface area contributed by atoms with Gasteiger partial charge in [0.05, 0.1) is 11.3 Å². The van der Waals surface area contributed by atoms with Gasteiger partial charge in [-0.15, -0.1) is 0 Å². The lowest BCUT2D eigenvalue weighted by Crippen LogP contribution is -2.61. The smallest absolute Gasteiger partial charge is 0.256 e. The molecule has 9 nitrogen and oxygen atoms in total. The number of benzene rings is 2. The number of piperidine rings is 1. The molecule has 0 bridgehead atoms. The van der Waals surface area contributed by atoms with Gasteiger partial charge in [-0.25, -0.2) is 5.01 Å². The average molecular weight is 529 g/mol. The lowest BCUT2D eigenvalue weighted by Gasteiger charge is -2.41. The van der Waals surface area contributed by atoms with E-state index in [0.717, 1.165) is 27.7 Å². The molecule has 3 heterocycles. The Bertz CT molecular complexity index is 1420. The Kier molecular flexibility index (Phi) is 7.03. The Morgan fingerprint density at radius 1 is 1.15 bits per heavy atom. The maximum absolute atomic E-state index is 14.2. The Hall–Kier alpha value is -3.98. The van der Waals surface area contributed by atoms with Gasteiger partial charge in [0, 0.05) is 49.6 Å². The highest BCUT2D eigenvalue weighted by Gasteiger charge is 2.54. The zero-order valence-corrected chi connectivity index (χ0v) is 22.7. The van der Waals surface area contributed by atoms with Crippen molar-refractivity contribution in [2.24, 2.45) is 16.3 Å². The lowest BCUT2D eigenvalue weighted by atomic mass is 9.73. The van der Waals surface area contributed by atoms with Crippen molar-refractivity contribution in [3.05, 3.63) is 71.9 Å². The number of aromatic amines is 1. The van der Waals surface area contributed by atoms with Crippen LogP contribution in [0, 0.1) is 5.41 Å². The van der Waals surface area contributed by atoms with E-state index < -0.39 is 22.9 Å². The quantitative estimate of drug-likeness (QED) is 0.416. The summed E-state index contributed by atoms with van der Waals surface area (Å²) in [6.45, 7) is 6.24. The van der Waals surface area contributed by atoms with Crippen LogP contribution in [0.2, 0.25) is 0 Å². The summed E-state index contributed by atoms with van der Waals surface area (Å²) in [7, 11) is 0. The minimum absolute atomic E-state index is 0.0818. The monoisotopic (exact) mass is 528 g/mol. The number of amides is 3. The minimum atomic E-state index is -1.15. The first kappa shape index (κ1) is 26.6. The summed E-state index contributed by atoms with van der Waals surface area (Å²) in [5, 5.41) is 10.1. The lowest BCUT2D eigenvalue weighted by molar-refractivity contribution is -0.143. The van der Waals surface area contributed by atoms with Gasteiger partial charge in [0.1, 0.15) is 11.5 Å². The molecule has 2 atom stereocenters. The topological polar surface area (TPSA) is 124 Å². The number of para-hydroxylation sites is 1. The molecule has 3 aromatic rings. The van der Waals surface area contributed by atoms with Crippen LogP contribution < -0.4 is 11.1 Å². The SMILES string of the molecule is CCN1N=C2CCN(C(=O)[C@H](Cc3c[nH]c4ccccc34)NC(=O)C(C)(C)N)C[C@@]2(Cc2ccccc2)C1=O. The van der Waals surface area contributed by atoms with Crippen molar-refractivity contribution in [1.82, 2.24) is 20.2 Å². The number of hydrazone groups is 1. The minimum Gasteiger partial charge on any atom is -0.361 e. The van der Waals surface area contributed by atoms with Gasteiger partial charge in [0.25, 0.3) is 5.91 Å². The predicted molar refractivity (Wildman–Crippen MR) is 151 cm³/mol. The third kappa shape index (κ3) is 5.06. The molecule has 9 heteroatoms. The van der Waals surface area contributed by atoms with E-state index in [-0.39, 0.29) is 18.4 Å². The van der Waals surface area contributed by atoms with Crippen molar-refractivity contribution in [2.75, 3.05) is 19.6 Å². The molecule has 0 radical (unpaired) electrons. The number of carbonyl (C=O) groups excluding carboxylic acids is 3. The van der Waals surface area contributed by atoms with E-state index in [1.807, 2.05) is 67.7 Å². The number of rotatable bonds is 8. The van der Waals surface area contributed by atoms with Crippen LogP contribution in [0.3, 0.4) is 0 Å². The standard InChI is InChI=1S/C30H36N6O3/c1-4-36-28(39)30(17-20-10-6-5-7-11-20)19-35(15-14-25(30)34-36)26(37)24(33-27(38)29(2,3)31)16-21-18-32-23-13-9-8-12-22(21)23/h5-13,18,24,32H,4,14-17,19,31H2,1-3H3,(H,33,38)/t24-,30+/m0/s1. The number of hydrogen-bond acceptors (Lipinski definition) is 5. The first-order chi connectivity index (χ1) is 18.6. The Labute approximate surface area is 228 Å². The Balaban J connectivity index is 1.46. The third-order valence-electron chi connectivity index (χ3n) is 7.76. The Morgan fingerprint density at radius 3 is 2.59 bits per heavy atom.